The van der Waals surface area contributed by atoms with Crippen molar-refractivity contribution in [2.24, 2.45) is 0 Å². The lowest BCUT2D eigenvalue weighted by atomic mass is 9.87. The van der Waals surface area contributed by atoms with Crippen LogP contribution in [0.15, 0.2) is 71.5 Å². The van der Waals surface area contributed by atoms with E-state index in [-0.39, 0.29) is 23.1 Å². The van der Waals surface area contributed by atoms with Crippen molar-refractivity contribution in [3.8, 4) is 0 Å². The Balaban J connectivity index is 1.44. The minimum Gasteiger partial charge on any atom is -0.345 e. The van der Waals surface area contributed by atoms with E-state index in [1.165, 1.54) is 11.1 Å². The Kier molecular flexibility index (Phi) is 6.63. The summed E-state index contributed by atoms with van der Waals surface area (Å²) in [5, 5.41) is 3.07. The van der Waals surface area contributed by atoms with Gasteiger partial charge in [-0.3, -0.25) is 14.5 Å². The van der Waals surface area contributed by atoms with Crippen molar-refractivity contribution < 1.29 is 4.79 Å². The van der Waals surface area contributed by atoms with Gasteiger partial charge in [0.1, 0.15) is 5.56 Å². The van der Waals surface area contributed by atoms with Crippen LogP contribution in [0, 0.1) is 0 Å². The Labute approximate surface area is 183 Å². The van der Waals surface area contributed by atoms with Gasteiger partial charge in [-0.1, -0.05) is 61.5 Å². The molecule has 0 spiro atoms. The van der Waals surface area contributed by atoms with Gasteiger partial charge in [-0.2, -0.15) is 0 Å². The highest BCUT2D eigenvalue weighted by molar-refractivity contribution is 5.94. The molecule has 31 heavy (non-hydrogen) atoms. The number of aromatic amines is 1. The van der Waals surface area contributed by atoms with Gasteiger partial charge in [0.15, 0.2) is 0 Å². The minimum absolute atomic E-state index is 0.0435. The van der Waals surface area contributed by atoms with E-state index in [1.54, 1.807) is 6.07 Å². The highest BCUT2D eigenvalue weighted by Crippen LogP contribution is 2.29. The predicted octanol–water partition coefficient (Wildman–Crippen LogP) is 4.20. The number of nitrogens with one attached hydrogen (secondary N) is 2. The van der Waals surface area contributed by atoms with Crippen molar-refractivity contribution in [1.29, 1.82) is 0 Å². The van der Waals surface area contributed by atoms with Crippen LogP contribution in [0.3, 0.4) is 0 Å². The van der Waals surface area contributed by atoms with Crippen LogP contribution < -0.4 is 10.9 Å². The SMILES string of the molecule is CCN(Cc1ccccc1)Cc1ccc(C(=O)N[C@@H]2CCCc3ccccc32)c(=O)[nH]1. The summed E-state index contributed by atoms with van der Waals surface area (Å²) in [6.45, 7) is 4.40. The lowest BCUT2D eigenvalue weighted by Gasteiger charge is -2.26. The molecular formula is C26H29N3O2. The van der Waals surface area contributed by atoms with Gasteiger partial charge in [-0.05, 0) is 54.6 Å². The third-order valence-electron chi connectivity index (χ3n) is 5.98. The molecule has 2 aromatic carbocycles. The minimum atomic E-state index is -0.338. The van der Waals surface area contributed by atoms with Gasteiger partial charge in [0, 0.05) is 18.8 Å². The molecule has 1 amide bonds. The second-order valence-corrected chi connectivity index (χ2v) is 8.13. The fourth-order valence-electron chi connectivity index (χ4n) is 4.29. The van der Waals surface area contributed by atoms with E-state index in [0.717, 1.165) is 43.6 Å². The molecule has 1 aliphatic carbocycles. The number of aromatic nitrogens is 1. The number of pyridine rings is 1. The zero-order valence-corrected chi connectivity index (χ0v) is 17.9. The van der Waals surface area contributed by atoms with Gasteiger partial charge >= 0.3 is 0 Å². The van der Waals surface area contributed by atoms with Crippen LogP contribution in [0.5, 0.6) is 0 Å². The molecule has 1 heterocycles. The first kappa shape index (κ1) is 21.1. The first-order valence-electron chi connectivity index (χ1n) is 11.0. The number of carbonyl (C=O) groups excluding carboxylic acids is 1. The molecule has 0 radical (unpaired) electrons. The number of carbonyl (C=O) groups is 1. The van der Waals surface area contributed by atoms with E-state index in [2.05, 4.69) is 46.4 Å². The summed E-state index contributed by atoms with van der Waals surface area (Å²) < 4.78 is 0. The number of rotatable bonds is 7. The van der Waals surface area contributed by atoms with Crippen LogP contribution in [-0.2, 0) is 19.5 Å². The van der Waals surface area contributed by atoms with Crippen LogP contribution in [0.1, 0.15) is 58.5 Å². The molecule has 0 bridgehead atoms. The Bertz CT molecular complexity index is 1090. The molecule has 160 valence electrons. The Morgan fingerprint density at radius 1 is 1.03 bits per heavy atom. The van der Waals surface area contributed by atoms with Crippen LogP contribution in [-0.4, -0.2) is 22.3 Å². The number of amides is 1. The van der Waals surface area contributed by atoms with E-state index in [4.69, 9.17) is 0 Å². The van der Waals surface area contributed by atoms with Gasteiger partial charge < -0.3 is 10.3 Å². The first-order valence-corrected chi connectivity index (χ1v) is 11.0. The molecule has 1 atom stereocenters. The van der Waals surface area contributed by atoms with Gasteiger partial charge in [0.25, 0.3) is 11.5 Å². The molecule has 0 unspecified atom stereocenters. The fourth-order valence-corrected chi connectivity index (χ4v) is 4.29. The average Bonchev–Trinajstić information content (AvgIpc) is 2.79. The number of benzene rings is 2. The van der Waals surface area contributed by atoms with Crippen LogP contribution >= 0.6 is 0 Å². The van der Waals surface area contributed by atoms with Crippen molar-refractivity contribution in [3.63, 3.8) is 0 Å². The second-order valence-electron chi connectivity index (χ2n) is 8.13. The maximum Gasteiger partial charge on any atom is 0.261 e. The molecule has 1 aromatic heterocycles. The standard InChI is InChI=1S/C26H29N3O2/c1-2-29(17-19-9-4-3-5-10-19)18-21-15-16-23(25(30)27-21)26(31)28-24-14-8-12-20-11-6-7-13-22(20)24/h3-7,9-11,13,15-16,24H,2,8,12,14,17-18H2,1H3,(H,27,30)(H,28,31)/t24-/m1/s1. The summed E-state index contributed by atoms with van der Waals surface area (Å²) >= 11 is 0. The highest BCUT2D eigenvalue weighted by atomic mass is 16.2. The summed E-state index contributed by atoms with van der Waals surface area (Å²) in [6, 6.07) is 21.9. The van der Waals surface area contributed by atoms with E-state index in [0.29, 0.717) is 6.54 Å². The molecular weight excluding hydrogens is 386 g/mol. The first-order chi connectivity index (χ1) is 15.1. The molecule has 0 saturated carbocycles. The van der Waals surface area contributed by atoms with E-state index >= 15 is 0 Å². The van der Waals surface area contributed by atoms with Crippen molar-refractivity contribution in [2.75, 3.05) is 6.54 Å². The van der Waals surface area contributed by atoms with Gasteiger partial charge in [-0.25, -0.2) is 0 Å². The zero-order chi connectivity index (χ0) is 21.6. The van der Waals surface area contributed by atoms with Crippen molar-refractivity contribution in [3.05, 3.63) is 105 Å². The second kappa shape index (κ2) is 9.75. The number of nitrogens with zero attached hydrogens (tertiary/aromatic N) is 1. The molecule has 3 aromatic rings. The molecule has 5 nitrogen and oxygen atoms in total. The monoisotopic (exact) mass is 415 g/mol. The maximum absolute atomic E-state index is 12.8. The van der Waals surface area contributed by atoms with E-state index < -0.39 is 0 Å². The maximum atomic E-state index is 12.8. The number of aryl methyl sites for hydroxylation is 1. The molecule has 0 saturated heterocycles. The normalized spacial score (nSPS) is 15.5. The molecule has 5 heteroatoms. The predicted molar refractivity (Wildman–Crippen MR) is 123 cm³/mol. The molecule has 2 N–H and O–H groups in total. The summed E-state index contributed by atoms with van der Waals surface area (Å²) in [4.78, 5) is 30.6. The Hall–Kier alpha value is -3.18. The smallest absolute Gasteiger partial charge is 0.261 e. The van der Waals surface area contributed by atoms with Crippen LogP contribution in [0.25, 0.3) is 0 Å². The third-order valence-corrected chi connectivity index (χ3v) is 5.98. The number of H-pyrrole nitrogens is 1. The molecule has 4 rings (SSSR count). The number of fused-ring (bicyclic) bond motifs is 1. The van der Waals surface area contributed by atoms with Gasteiger partial charge in [0.05, 0.1) is 6.04 Å². The van der Waals surface area contributed by atoms with E-state index in [9.17, 15) is 9.59 Å². The van der Waals surface area contributed by atoms with Crippen molar-refractivity contribution >= 4 is 5.91 Å². The van der Waals surface area contributed by atoms with Crippen molar-refractivity contribution in [2.45, 2.75) is 45.3 Å². The largest absolute Gasteiger partial charge is 0.345 e. The van der Waals surface area contributed by atoms with Crippen molar-refractivity contribution in [1.82, 2.24) is 15.2 Å². The third kappa shape index (κ3) is 5.12. The summed E-state index contributed by atoms with van der Waals surface area (Å²) in [5.41, 5.74) is 4.31. The molecule has 0 aliphatic heterocycles. The Morgan fingerprint density at radius 2 is 1.81 bits per heavy atom. The number of hydrogen-bond acceptors (Lipinski definition) is 3. The average molecular weight is 416 g/mol. The number of hydrogen-bond donors (Lipinski definition) is 2. The molecule has 0 fully saturated rings. The molecule has 1 aliphatic rings. The lowest BCUT2D eigenvalue weighted by molar-refractivity contribution is 0.0931. The zero-order valence-electron chi connectivity index (χ0n) is 17.9. The van der Waals surface area contributed by atoms with Crippen LogP contribution in [0.4, 0.5) is 0 Å². The fraction of sp³-hybridized carbons (Fsp3) is 0.308. The lowest BCUT2D eigenvalue weighted by Crippen LogP contribution is -2.34. The summed E-state index contributed by atoms with van der Waals surface area (Å²) in [6.07, 6.45) is 2.96. The van der Waals surface area contributed by atoms with Gasteiger partial charge in [0.2, 0.25) is 0 Å². The summed E-state index contributed by atoms with van der Waals surface area (Å²) in [7, 11) is 0. The van der Waals surface area contributed by atoms with Crippen LogP contribution in [0.2, 0.25) is 0 Å². The topological polar surface area (TPSA) is 65.2 Å². The quantitative estimate of drug-likeness (QED) is 0.608. The highest BCUT2D eigenvalue weighted by Gasteiger charge is 2.23. The summed E-state index contributed by atoms with van der Waals surface area (Å²) in [5.74, 6) is -0.314. The van der Waals surface area contributed by atoms with E-state index in [1.807, 2.05) is 36.4 Å². The Morgan fingerprint density at radius 3 is 2.58 bits per heavy atom. The van der Waals surface area contributed by atoms with Gasteiger partial charge in [-0.15, -0.1) is 0 Å².